The van der Waals surface area contributed by atoms with Gasteiger partial charge in [-0.25, -0.2) is 0 Å². The molecule has 3 aromatic rings. The third-order valence-electron chi connectivity index (χ3n) is 4.05. The monoisotopic (exact) mass is 328 g/mol. The molecule has 24 heavy (non-hydrogen) atoms. The second-order valence-electron chi connectivity index (χ2n) is 5.78. The highest BCUT2D eigenvalue weighted by Crippen LogP contribution is 2.39. The number of aromatic hydroxyl groups is 4. The average Bonchev–Trinajstić information content (AvgIpc) is 2.80. The van der Waals surface area contributed by atoms with E-state index in [9.17, 15) is 25.2 Å². The van der Waals surface area contributed by atoms with Crippen LogP contribution in [0.1, 0.15) is 34.3 Å². The molecule has 3 rings (SSSR count). The number of fused-ring (bicyclic) bond motifs is 1. The highest BCUT2D eigenvalue weighted by molar-refractivity contribution is 6.05. The molecule has 1 aromatic heterocycles. The molecule has 124 valence electrons. The number of Topliss-reactive ketones (excluding diaryl/α,β-unsaturated/α-hetero) is 1. The smallest absolute Gasteiger partial charge is 0.327 e. The van der Waals surface area contributed by atoms with Crippen molar-refractivity contribution in [1.82, 2.24) is 0 Å². The number of rotatable bonds is 3. The van der Waals surface area contributed by atoms with Crippen LogP contribution in [0, 0.1) is 6.92 Å². The molecule has 6 nitrogen and oxygen atoms in total. The largest absolute Gasteiger partial charge is 0.507 e. The first-order valence-corrected chi connectivity index (χ1v) is 7.30. The van der Waals surface area contributed by atoms with Gasteiger partial charge in [0, 0.05) is 5.92 Å². The van der Waals surface area contributed by atoms with E-state index in [2.05, 4.69) is 0 Å². The Hall–Kier alpha value is -3.15. The molecule has 0 radical (unpaired) electrons. The Labute approximate surface area is 137 Å². The number of hydrogen-bond donors (Lipinski definition) is 4. The van der Waals surface area contributed by atoms with Crippen LogP contribution in [0.5, 0.6) is 23.2 Å². The van der Waals surface area contributed by atoms with Gasteiger partial charge in [0.05, 0.1) is 5.39 Å². The minimum Gasteiger partial charge on any atom is -0.507 e. The molecular formula is C18H16O6. The maximum atomic E-state index is 12.7. The van der Waals surface area contributed by atoms with Gasteiger partial charge < -0.3 is 24.8 Å². The third kappa shape index (κ3) is 2.42. The first-order chi connectivity index (χ1) is 11.3. The van der Waals surface area contributed by atoms with Gasteiger partial charge in [-0.15, -0.1) is 0 Å². The number of phenolic OH excluding ortho intramolecular Hbond substituents is 2. The normalized spacial score (nSPS) is 12.4. The van der Waals surface area contributed by atoms with Gasteiger partial charge in [0.15, 0.2) is 5.78 Å². The summed E-state index contributed by atoms with van der Waals surface area (Å²) in [7, 11) is 0. The second-order valence-corrected chi connectivity index (χ2v) is 5.78. The van der Waals surface area contributed by atoms with Crippen molar-refractivity contribution >= 4 is 16.8 Å². The van der Waals surface area contributed by atoms with Gasteiger partial charge >= 0.3 is 5.95 Å². The van der Waals surface area contributed by atoms with E-state index in [1.165, 1.54) is 24.3 Å². The fraction of sp³-hybridized carbons (Fsp3) is 0.167. The van der Waals surface area contributed by atoms with E-state index in [-0.39, 0.29) is 28.0 Å². The predicted octanol–water partition coefficient (Wildman–Crippen LogP) is 3.55. The minimum atomic E-state index is -0.689. The summed E-state index contributed by atoms with van der Waals surface area (Å²) in [4.78, 5) is 12.7. The fourth-order valence-electron chi connectivity index (χ4n) is 2.73. The number of aryl methyl sites for hydroxylation is 1. The van der Waals surface area contributed by atoms with Gasteiger partial charge in [-0.2, -0.15) is 0 Å². The number of hydrogen-bond acceptors (Lipinski definition) is 6. The van der Waals surface area contributed by atoms with Crippen LogP contribution in [0.3, 0.4) is 0 Å². The Bertz CT molecular complexity index is 931. The first-order valence-electron chi connectivity index (χ1n) is 7.30. The Morgan fingerprint density at radius 3 is 2.29 bits per heavy atom. The van der Waals surface area contributed by atoms with Gasteiger partial charge in [-0.3, -0.25) is 4.79 Å². The van der Waals surface area contributed by atoms with Crippen molar-refractivity contribution in [2.45, 2.75) is 19.8 Å². The fourth-order valence-corrected chi connectivity index (χ4v) is 2.73. The average molecular weight is 328 g/mol. The summed E-state index contributed by atoms with van der Waals surface area (Å²) in [5.74, 6) is -2.70. The predicted molar refractivity (Wildman–Crippen MR) is 86.8 cm³/mol. The molecule has 0 bridgehead atoms. The molecule has 1 atom stereocenters. The number of ketones is 1. The highest BCUT2D eigenvalue weighted by Gasteiger charge is 2.25. The zero-order valence-electron chi connectivity index (χ0n) is 13.1. The van der Waals surface area contributed by atoms with E-state index < -0.39 is 23.4 Å². The van der Waals surface area contributed by atoms with E-state index in [0.29, 0.717) is 11.1 Å². The molecule has 0 fully saturated rings. The molecule has 0 aliphatic heterocycles. The van der Waals surface area contributed by atoms with Crippen molar-refractivity contribution in [2.75, 3.05) is 0 Å². The second kappa shape index (κ2) is 5.49. The number of benzene rings is 2. The Kier molecular flexibility index (Phi) is 3.60. The minimum absolute atomic E-state index is 0.146. The molecule has 6 heteroatoms. The van der Waals surface area contributed by atoms with Crippen LogP contribution in [0.4, 0.5) is 0 Å². The van der Waals surface area contributed by atoms with Crippen molar-refractivity contribution in [3.05, 3.63) is 47.0 Å². The molecule has 0 aliphatic carbocycles. The Morgan fingerprint density at radius 2 is 1.67 bits per heavy atom. The van der Waals surface area contributed by atoms with Crippen molar-refractivity contribution in [3.63, 3.8) is 0 Å². The molecule has 4 N–H and O–H groups in total. The van der Waals surface area contributed by atoms with Crippen molar-refractivity contribution in [1.29, 1.82) is 0 Å². The first kappa shape index (κ1) is 15.7. The standard InChI is InChI=1S/C18H16O6/c1-8-5-12(19)15(13(20)6-8)16(21)9(2)10-3-4-14-11(7-10)17(22)18(23)24-14/h3-7,9,19-20,22-23H,1-2H3. The summed E-state index contributed by atoms with van der Waals surface area (Å²) in [6.07, 6.45) is 0. The number of carbonyl (C=O) groups excluding carboxylic acids is 1. The van der Waals surface area contributed by atoms with Crippen LogP contribution in [0.2, 0.25) is 0 Å². The summed E-state index contributed by atoms with van der Waals surface area (Å²) in [6.45, 7) is 3.32. The van der Waals surface area contributed by atoms with E-state index in [1.54, 1.807) is 19.9 Å². The van der Waals surface area contributed by atoms with Crippen LogP contribution in [0.15, 0.2) is 34.7 Å². The maximum Gasteiger partial charge on any atom is 0.327 e. The summed E-state index contributed by atoms with van der Waals surface area (Å²) in [5, 5.41) is 39.4. The quantitative estimate of drug-likeness (QED) is 0.547. The van der Waals surface area contributed by atoms with Crippen LogP contribution in [0.25, 0.3) is 11.0 Å². The van der Waals surface area contributed by atoms with Crippen molar-refractivity contribution in [2.24, 2.45) is 0 Å². The van der Waals surface area contributed by atoms with Gasteiger partial charge in [-0.1, -0.05) is 13.0 Å². The number of phenols is 2. The van der Waals surface area contributed by atoms with Gasteiger partial charge in [0.2, 0.25) is 5.75 Å². The molecule has 0 amide bonds. The number of furan rings is 1. The van der Waals surface area contributed by atoms with Crippen molar-refractivity contribution in [3.8, 4) is 23.2 Å². The Balaban J connectivity index is 2.04. The van der Waals surface area contributed by atoms with Gasteiger partial charge in [0.1, 0.15) is 22.6 Å². The summed E-state index contributed by atoms with van der Waals surface area (Å²) in [5.41, 5.74) is 1.32. The summed E-state index contributed by atoms with van der Waals surface area (Å²) in [6, 6.07) is 7.49. The lowest BCUT2D eigenvalue weighted by Gasteiger charge is -2.14. The molecule has 2 aromatic carbocycles. The zero-order valence-corrected chi connectivity index (χ0v) is 13.1. The highest BCUT2D eigenvalue weighted by atomic mass is 16.5. The van der Waals surface area contributed by atoms with Crippen LogP contribution in [-0.2, 0) is 0 Å². The number of carbonyl (C=O) groups is 1. The van der Waals surface area contributed by atoms with E-state index in [0.717, 1.165) is 0 Å². The SMILES string of the molecule is Cc1cc(O)c(C(=O)C(C)c2ccc3oc(O)c(O)c3c2)c(O)c1. The summed E-state index contributed by atoms with van der Waals surface area (Å²) < 4.78 is 4.97. The molecule has 0 saturated heterocycles. The molecule has 1 unspecified atom stereocenters. The van der Waals surface area contributed by atoms with Gasteiger partial charge in [-0.05, 0) is 42.3 Å². The lowest BCUT2D eigenvalue weighted by molar-refractivity contribution is 0.0960. The lowest BCUT2D eigenvalue weighted by Crippen LogP contribution is -2.10. The third-order valence-corrected chi connectivity index (χ3v) is 4.05. The van der Waals surface area contributed by atoms with E-state index >= 15 is 0 Å². The molecule has 1 heterocycles. The molecule has 0 spiro atoms. The zero-order chi connectivity index (χ0) is 17.6. The topological polar surface area (TPSA) is 111 Å². The van der Waals surface area contributed by atoms with Gasteiger partial charge in [0.25, 0.3) is 0 Å². The van der Waals surface area contributed by atoms with Crippen molar-refractivity contribution < 1.29 is 29.6 Å². The molecule has 0 saturated carbocycles. The Morgan fingerprint density at radius 1 is 1.04 bits per heavy atom. The van der Waals surface area contributed by atoms with E-state index in [1.807, 2.05) is 0 Å². The van der Waals surface area contributed by atoms with Crippen LogP contribution < -0.4 is 0 Å². The maximum absolute atomic E-state index is 12.7. The van der Waals surface area contributed by atoms with Crippen LogP contribution in [-0.4, -0.2) is 26.2 Å². The lowest BCUT2D eigenvalue weighted by atomic mass is 9.90. The van der Waals surface area contributed by atoms with Crippen LogP contribution >= 0.6 is 0 Å². The molecule has 0 aliphatic rings. The van der Waals surface area contributed by atoms with E-state index in [4.69, 9.17) is 4.42 Å². The summed E-state index contributed by atoms with van der Waals surface area (Å²) >= 11 is 0. The molecular weight excluding hydrogens is 312 g/mol.